The average molecular weight is 2130 g/mol. The van der Waals surface area contributed by atoms with Crippen molar-refractivity contribution < 1.29 is 38.1 Å². The number of aryl methyl sites for hydroxylation is 4. The van der Waals surface area contributed by atoms with Crippen molar-refractivity contribution in [3.8, 4) is 91.1 Å². The van der Waals surface area contributed by atoms with Crippen LogP contribution in [0.4, 0.5) is 0 Å². The molecule has 8 aliphatic rings. The molecule has 0 aliphatic carbocycles. The van der Waals surface area contributed by atoms with E-state index in [9.17, 15) is 0 Å². The van der Waals surface area contributed by atoms with Crippen LogP contribution in [0.25, 0.3) is 270 Å². The molecule has 4 N–H and O–H groups in total. The zero-order valence-corrected chi connectivity index (χ0v) is 84.1. The van der Waals surface area contributed by atoms with Gasteiger partial charge in [-0.15, -0.1) is 22.1 Å². The number of hydrogen-bond acceptors (Lipinski definition) is 16. The van der Waals surface area contributed by atoms with E-state index in [1.165, 1.54) is 44.5 Å². The molecule has 0 saturated heterocycles. The molecular formula is C120H92CuN24Pt. The molecular weight excluding hydrogens is 2040 g/mol. The van der Waals surface area contributed by atoms with Crippen LogP contribution in [0.5, 0.6) is 0 Å². The molecule has 20 heterocycles. The van der Waals surface area contributed by atoms with E-state index < -0.39 is 0 Å². The fraction of sp³-hybridized carbons (Fsp3) is 0.133. The second-order valence-electron chi connectivity index (χ2n) is 36.1. The summed E-state index contributed by atoms with van der Waals surface area (Å²) in [7, 11) is 0. The zero-order valence-electron chi connectivity index (χ0n) is 80.9. The van der Waals surface area contributed by atoms with Crippen molar-refractivity contribution in [2.45, 2.75) is 107 Å². The van der Waals surface area contributed by atoms with Gasteiger partial charge in [0.25, 0.3) is 0 Å². The van der Waals surface area contributed by atoms with Crippen molar-refractivity contribution in [3.05, 3.63) is 335 Å². The van der Waals surface area contributed by atoms with E-state index in [-0.39, 0.29) is 38.1 Å². The monoisotopic (exact) mass is 2130 g/mol. The molecule has 0 saturated carbocycles. The summed E-state index contributed by atoms with van der Waals surface area (Å²) in [6.45, 7) is 17.9. The van der Waals surface area contributed by atoms with Crippen molar-refractivity contribution in [1.82, 2.24) is 120 Å². The third kappa shape index (κ3) is 16.7. The second-order valence-corrected chi connectivity index (χ2v) is 36.1. The first-order valence-electron chi connectivity index (χ1n) is 49.3. The van der Waals surface area contributed by atoms with Crippen LogP contribution in [-0.2, 0) is 63.8 Å². The van der Waals surface area contributed by atoms with Crippen LogP contribution in [0.15, 0.2) is 267 Å². The molecule has 28 rings (SSSR count). The molecule has 20 aromatic rings. The van der Waals surface area contributed by atoms with Gasteiger partial charge in [0.15, 0.2) is 23.3 Å². The predicted molar refractivity (Wildman–Crippen MR) is 580 cm³/mol. The van der Waals surface area contributed by atoms with Gasteiger partial charge < -0.3 is 59.8 Å². The van der Waals surface area contributed by atoms with Crippen molar-refractivity contribution >= 4 is 179 Å². The first-order valence-corrected chi connectivity index (χ1v) is 49.3. The average Bonchev–Trinajstić information content (AvgIpc) is 1.60. The minimum Gasteiger partial charge on any atom is -0.657 e. The van der Waals surface area contributed by atoms with E-state index >= 15 is 0 Å². The smallest absolute Gasteiger partial charge is 0.657 e. The first-order chi connectivity index (χ1) is 70.8. The van der Waals surface area contributed by atoms with E-state index in [1.54, 1.807) is 0 Å². The number of hydrogen-bond donors (Lipinski definition) is 4. The van der Waals surface area contributed by atoms with E-state index in [0.717, 1.165) is 229 Å². The largest absolute Gasteiger partial charge is 2.00 e. The molecule has 12 aromatic heterocycles. The Morgan fingerprint density at radius 3 is 0.658 bits per heavy atom. The Kier molecular flexibility index (Phi) is 24.5. The van der Waals surface area contributed by atoms with Crippen molar-refractivity contribution in [2.75, 3.05) is 0 Å². The quantitative estimate of drug-likeness (QED) is 0.103. The number of fused-ring (bicyclic) bond motifs is 56. The van der Waals surface area contributed by atoms with Gasteiger partial charge >= 0.3 is 38.1 Å². The fourth-order valence-electron chi connectivity index (χ4n) is 20.9. The van der Waals surface area contributed by atoms with E-state index in [4.69, 9.17) is 89.7 Å². The summed E-state index contributed by atoms with van der Waals surface area (Å²) in [6, 6.07) is 89.5. The van der Waals surface area contributed by atoms with E-state index in [2.05, 4.69) is 140 Å². The third-order valence-electron chi connectivity index (χ3n) is 27.6. The number of aromatic amines is 4. The Morgan fingerprint density at radius 1 is 0.199 bits per heavy atom. The molecule has 8 aliphatic heterocycles. The summed E-state index contributed by atoms with van der Waals surface area (Å²) in [5.74, 6) is 4.60. The molecule has 0 atom stereocenters. The Morgan fingerprint density at radius 2 is 0.418 bits per heavy atom. The maximum Gasteiger partial charge on any atom is 2.00 e. The summed E-state index contributed by atoms with van der Waals surface area (Å²) >= 11 is 0. The molecule has 24 nitrogen and oxygen atoms in total. The van der Waals surface area contributed by atoms with Crippen molar-refractivity contribution in [3.63, 3.8) is 0 Å². The van der Waals surface area contributed by atoms with Crippen LogP contribution in [0.1, 0.15) is 149 Å². The standard InChI is InChI=1S/C36H44N4.C32H18N8.C32H16N8.C20H14N4.Cu.Pt/c1-9-21-22(10-2)30-18-32-25(13-5)26(14-6)34(39-32)20-36-28(16-8)27(15-7)35(40-36)19-33-24(12-4)23(11-3)31(38-33)17-29(21)37-30;2*1-2-10-18-17(9-1)25-33-26(18)38-28-21-13-5-6-14-22(21)30(35-28)40-32-24-16-8-7-15-23(24)31(36-32)39-29-20-12-4-3-11-19(20)27(34-29)37-25;1-2-14-10-16-5-6-18(23-16)12-20-8-7-19(24-20)11-17-4-3-15(22-17)9-13(1)21-14;;/h17-20H,9-16H2,1-8H3;1-16H,(H2,33,34,35,36,37,38,39,40);1-16H;1-12,21-22H;;/q-2;;-2;;2*+2. The zero-order chi connectivity index (χ0) is 96.9. The van der Waals surface area contributed by atoms with Crippen LogP contribution in [0.2, 0.25) is 0 Å². The van der Waals surface area contributed by atoms with Gasteiger partial charge in [0.1, 0.15) is 22.6 Å². The third-order valence-corrected chi connectivity index (χ3v) is 27.6. The number of rotatable bonds is 8. The van der Waals surface area contributed by atoms with Gasteiger partial charge in [0, 0.05) is 111 Å². The predicted octanol–water partition coefficient (Wildman–Crippen LogP) is 26.9. The number of H-pyrrole nitrogens is 4. The normalized spacial score (nSPS) is 12.4. The Labute approximate surface area is 862 Å². The molecule has 0 unspecified atom stereocenters. The summed E-state index contributed by atoms with van der Waals surface area (Å²) < 4.78 is 0. The van der Waals surface area contributed by atoms with Gasteiger partial charge in [0.05, 0.1) is 68.8 Å². The molecule has 32 bridgehead atoms. The molecule has 8 aromatic carbocycles. The molecule has 26 heteroatoms. The van der Waals surface area contributed by atoms with Gasteiger partial charge in [0.2, 0.25) is 0 Å². The summed E-state index contributed by atoms with van der Waals surface area (Å²) in [5, 5.41) is 7.39. The molecule has 0 spiro atoms. The number of nitrogens with zero attached hydrogens (tertiary/aromatic N) is 20. The number of aromatic nitrogens is 24. The van der Waals surface area contributed by atoms with Gasteiger partial charge in [-0.1, -0.05) is 296 Å². The Balaban J connectivity index is 0.000000109. The molecule has 713 valence electrons. The first kappa shape index (κ1) is 92.6. The maximum atomic E-state index is 5.25. The Hall–Kier alpha value is -17.1. The molecule has 0 amide bonds. The molecule has 146 heavy (non-hydrogen) atoms. The molecule has 0 fully saturated rings. The minimum absolute atomic E-state index is 0. The van der Waals surface area contributed by atoms with Crippen LogP contribution in [-0.4, -0.2) is 99.7 Å². The number of benzene rings is 8. The number of nitrogens with one attached hydrogen (secondary N) is 4. The fourth-order valence-corrected chi connectivity index (χ4v) is 20.9. The topological polar surface area (TPSA) is 326 Å². The molecule has 1 radical (unpaired) electrons. The SMILES string of the molecule is C1=Cc2cc3ccc(cc4ccc(cc5nc(cc1n2)C=C5)[nH]4)[nH]3.CCC1=C(CC)c2cc3[n-]c(cc4nc(cc5[n-]c(cc1n2)c(CC)c5CC)C(CC)=C4CC)c(CC)c3CC.[Cu+2].[Pt+2].c1ccc2c(c1)-c1nc-2nc2[n-]c(nc3nc(nc4[n-]c(n1)c1ccccc41)-c1ccccc1-3)c1ccccc21.c1ccc2c(c1)-c1nc-2nc2[nH]c(nc3nc(nc4[nH]c(n1)c1ccccc41)-c1ccccc1-3)c1ccccc21. The second kappa shape index (κ2) is 38.6. The van der Waals surface area contributed by atoms with Crippen LogP contribution < -0.4 is 19.9 Å². The van der Waals surface area contributed by atoms with E-state index in [1.807, 2.05) is 237 Å². The van der Waals surface area contributed by atoms with Crippen LogP contribution >= 0.6 is 0 Å². The van der Waals surface area contributed by atoms with Gasteiger partial charge in [-0.3, -0.25) is 0 Å². The summed E-state index contributed by atoms with van der Waals surface area (Å²) in [6.07, 6.45) is 15.6. The van der Waals surface area contributed by atoms with Crippen molar-refractivity contribution in [1.29, 1.82) is 0 Å². The number of allylic oxidation sites excluding steroid dienone is 4. The van der Waals surface area contributed by atoms with Gasteiger partial charge in [-0.05, 0) is 168 Å². The van der Waals surface area contributed by atoms with E-state index in [0.29, 0.717) is 91.8 Å². The van der Waals surface area contributed by atoms with Crippen LogP contribution in [0.3, 0.4) is 0 Å². The summed E-state index contributed by atoms with van der Waals surface area (Å²) in [4.78, 5) is 113. The Bertz CT molecular complexity index is 8410. The maximum absolute atomic E-state index is 5.25. The summed E-state index contributed by atoms with van der Waals surface area (Å²) in [5.41, 5.74) is 39.2. The van der Waals surface area contributed by atoms with Crippen LogP contribution in [0, 0.1) is 0 Å². The minimum atomic E-state index is 0. The van der Waals surface area contributed by atoms with Gasteiger partial charge in [-0.25, -0.2) is 59.8 Å². The van der Waals surface area contributed by atoms with Gasteiger partial charge in [-0.2, -0.15) is 0 Å². The van der Waals surface area contributed by atoms with Crippen molar-refractivity contribution in [2.24, 2.45) is 0 Å².